The molecule has 2 fully saturated rings. The molecule has 9 heteroatoms. The molecule has 0 unspecified atom stereocenters. The summed E-state index contributed by atoms with van der Waals surface area (Å²) in [6.07, 6.45) is 1.62. The lowest BCUT2D eigenvalue weighted by molar-refractivity contribution is 0.139. The molecule has 2 saturated heterocycles. The van der Waals surface area contributed by atoms with E-state index in [0.717, 1.165) is 31.6 Å². The smallest absolute Gasteiger partial charge is 0.414 e. The van der Waals surface area contributed by atoms with E-state index in [2.05, 4.69) is 11.0 Å². The Hall–Kier alpha value is -2.31. The fourth-order valence-electron chi connectivity index (χ4n) is 3.53. The lowest BCUT2D eigenvalue weighted by Gasteiger charge is -2.33. The van der Waals surface area contributed by atoms with Crippen molar-refractivity contribution in [2.24, 2.45) is 5.92 Å². The van der Waals surface area contributed by atoms with Crippen LogP contribution in [0, 0.1) is 17.2 Å². The first-order chi connectivity index (χ1) is 12.9. The quantitative estimate of drug-likeness (QED) is 0.739. The predicted octanol–water partition coefficient (Wildman–Crippen LogP) is 2.42. The molecule has 3 rings (SSSR count). The number of amides is 1. The van der Waals surface area contributed by atoms with Crippen LogP contribution in [0.2, 0.25) is 0 Å². The summed E-state index contributed by atoms with van der Waals surface area (Å²) in [4.78, 5) is 15.8. The zero-order chi connectivity index (χ0) is 19.4. The van der Waals surface area contributed by atoms with Crippen LogP contribution in [0.4, 0.5) is 16.2 Å². The molecule has 2 aliphatic heterocycles. The summed E-state index contributed by atoms with van der Waals surface area (Å²) in [6.45, 7) is 2.08. The highest BCUT2D eigenvalue weighted by atomic mass is 32.2. The van der Waals surface area contributed by atoms with E-state index in [4.69, 9.17) is 14.6 Å². The largest absolute Gasteiger partial charge is 0.444 e. The third-order valence-corrected chi connectivity index (χ3v) is 5.84. The number of hydrogen-bond acceptors (Lipinski definition) is 6. The number of benzene rings is 1. The second-order valence-electron chi connectivity index (χ2n) is 7.00. The van der Waals surface area contributed by atoms with Gasteiger partial charge >= 0.3 is 6.09 Å². The minimum Gasteiger partial charge on any atom is -0.444 e. The number of ether oxygens (including phenoxy) is 1. The van der Waals surface area contributed by atoms with Gasteiger partial charge in [0, 0.05) is 37.3 Å². The van der Waals surface area contributed by atoms with Crippen molar-refractivity contribution in [3.63, 3.8) is 0 Å². The Balaban J connectivity index is 1.57. The molecule has 8 nitrogen and oxygen atoms in total. The van der Waals surface area contributed by atoms with E-state index in [0.29, 0.717) is 18.0 Å². The Morgan fingerprint density at radius 3 is 2.41 bits per heavy atom. The maximum atomic E-state index is 12.0. The Morgan fingerprint density at radius 1 is 1.19 bits per heavy atom. The standard InChI is InChI=1S/C18H23N3O5S/c19-9-5-14-6-10-20(11-7-14)15-1-3-16(4-2-15)21-13-17(26-18(21)22)8-12-27(23,24)25/h1-4,14,17H,5-8,10-13H2,(H,23,24,25)/t17-/m1/s1. The number of carbonyl (C=O) groups is 1. The topological polar surface area (TPSA) is 111 Å². The van der Waals surface area contributed by atoms with E-state index in [1.54, 1.807) is 0 Å². The number of hydrogen-bond donors (Lipinski definition) is 1. The lowest BCUT2D eigenvalue weighted by atomic mass is 9.94. The van der Waals surface area contributed by atoms with Gasteiger partial charge in [-0.2, -0.15) is 13.7 Å². The number of cyclic esters (lactones) is 1. The molecule has 2 aliphatic rings. The summed E-state index contributed by atoms with van der Waals surface area (Å²) in [5.74, 6) is 0.0454. The molecule has 1 aromatic carbocycles. The average molecular weight is 393 g/mol. The van der Waals surface area contributed by atoms with Gasteiger partial charge in [-0.3, -0.25) is 9.45 Å². The fourth-order valence-corrected chi connectivity index (χ4v) is 4.09. The van der Waals surface area contributed by atoms with Gasteiger partial charge in [-0.25, -0.2) is 4.79 Å². The van der Waals surface area contributed by atoms with Gasteiger partial charge in [0.2, 0.25) is 0 Å². The van der Waals surface area contributed by atoms with Gasteiger partial charge in [0.1, 0.15) is 6.10 Å². The fraction of sp³-hybridized carbons (Fsp3) is 0.556. The molecule has 1 atom stereocenters. The maximum absolute atomic E-state index is 12.0. The number of nitriles is 1. The molecular weight excluding hydrogens is 370 g/mol. The van der Waals surface area contributed by atoms with E-state index in [9.17, 15) is 13.2 Å². The highest BCUT2D eigenvalue weighted by Gasteiger charge is 2.33. The van der Waals surface area contributed by atoms with Crippen LogP contribution < -0.4 is 9.80 Å². The van der Waals surface area contributed by atoms with Crippen molar-refractivity contribution in [1.29, 1.82) is 5.26 Å². The molecule has 1 N–H and O–H groups in total. The van der Waals surface area contributed by atoms with Gasteiger partial charge < -0.3 is 9.64 Å². The minimum absolute atomic E-state index is 0.0663. The van der Waals surface area contributed by atoms with Crippen LogP contribution in [0.1, 0.15) is 25.7 Å². The molecule has 2 heterocycles. The third kappa shape index (κ3) is 5.11. The summed E-state index contributed by atoms with van der Waals surface area (Å²) in [5.41, 5.74) is 1.77. The maximum Gasteiger partial charge on any atom is 0.414 e. The summed E-state index contributed by atoms with van der Waals surface area (Å²) in [7, 11) is -4.07. The average Bonchev–Trinajstić information content (AvgIpc) is 3.01. The van der Waals surface area contributed by atoms with Crippen LogP contribution in [0.3, 0.4) is 0 Å². The first kappa shape index (κ1) is 19.5. The van der Waals surface area contributed by atoms with Gasteiger partial charge in [0.25, 0.3) is 10.1 Å². The van der Waals surface area contributed by atoms with E-state index in [1.807, 2.05) is 24.3 Å². The first-order valence-corrected chi connectivity index (χ1v) is 10.6. The Kier molecular flexibility index (Phi) is 5.87. The zero-order valence-corrected chi connectivity index (χ0v) is 15.8. The number of anilines is 2. The molecule has 27 heavy (non-hydrogen) atoms. The van der Waals surface area contributed by atoms with E-state index < -0.39 is 28.1 Å². The Morgan fingerprint density at radius 2 is 1.81 bits per heavy atom. The number of carbonyl (C=O) groups excluding carboxylic acids is 1. The van der Waals surface area contributed by atoms with Crippen LogP contribution in [0.15, 0.2) is 24.3 Å². The van der Waals surface area contributed by atoms with Gasteiger partial charge in [-0.05, 0) is 43.0 Å². The van der Waals surface area contributed by atoms with Gasteiger partial charge in [-0.15, -0.1) is 0 Å². The van der Waals surface area contributed by atoms with Crippen LogP contribution in [-0.2, 0) is 14.9 Å². The molecule has 0 saturated carbocycles. The Labute approximate surface area is 159 Å². The lowest BCUT2D eigenvalue weighted by Crippen LogP contribution is -2.33. The molecule has 1 aromatic rings. The molecular formula is C18H23N3O5S. The van der Waals surface area contributed by atoms with Gasteiger partial charge in [0.05, 0.1) is 18.4 Å². The normalized spacial score (nSPS) is 21.2. The third-order valence-electron chi connectivity index (χ3n) is 5.09. The molecule has 0 aromatic heterocycles. The Bertz CT molecular complexity index is 810. The summed E-state index contributed by atoms with van der Waals surface area (Å²) in [5, 5.41) is 8.80. The van der Waals surface area contributed by atoms with Crippen molar-refractivity contribution in [2.45, 2.75) is 31.8 Å². The monoisotopic (exact) mass is 393 g/mol. The van der Waals surface area contributed by atoms with Crippen molar-refractivity contribution in [3.05, 3.63) is 24.3 Å². The highest BCUT2D eigenvalue weighted by molar-refractivity contribution is 7.85. The first-order valence-electron chi connectivity index (χ1n) is 9.01. The molecule has 1 amide bonds. The molecule has 146 valence electrons. The highest BCUT2D eigenvalue weighted by Crippen LogP contribution is 2.28. The molecule has 0 spiro atoms. The second kappa shape index (κ2) is 8.15. The van der Waals surface area contributed by atoms with Gasteiger partial charge in [0.15, 0.2) is 0 Å². The van der Waals surface area contributed by atoms with E-state index in [1.165, 1.54) is 4.90 Å². The summed E-state index contributed by atoms with van der Waals surface area (Å²) in [6, 6.07) is 9.86. The van der Waals surface area contributed by atoms with Crippen molar-refractivity contribution < 1.29 is 22.5 Å². The van der Waals surface area contributed by atoms with Gasteiger partial charge in [-0.1, -0.05) is 0 Å². The van der Waals surface area contributed by atoms with E-state index in [-0.39, 0.29) is 13.0 Å². The summed E-state index contributed by atoms with van der Waals surface area (Å²) < 4.78 is 35.7. The van der Waals surface area contributed by atoms with Crippen molar-refractivity contribution in [1.82, 2.24) is 0 Å². The van der Waals surface area contributed by atoms with Crippen molar-refractivity contribution in [3.8, 4) is 6.07 Å². The van der Waals surface area contributed by atoms with Crippen LogP contribution in [-0.4, -0.2) is 50.6 Å². The zero-order valence-electron chi connectivity index (χ0n) is 15.0. The van der Waals surface area contributed by atoms with Crippen molar-refractivity contribution >= 4 is 27.6 Å². The van der Waals surface area contributed by atoms with Crippen LogP contribution in [0.25, 0.3) is 0 Å². The number of nitrogens with zero attached hydrogens (tertiary/aromatic N) is 3. The second-order valence-corrected chi connectivity index (χ2v) is 8.57. The van der Waals surface area contributed by atoms with E-state index >= 15 is 0 Å². The SMILES string of the molecule is N#CCC1CCN(c2ccc(N3C[C@@H](CCS(=O)(=O)O)OC3=O)cc2)CC1. The predicted molar refractivity (Wildman–Crippen MR) is 100 cm³/mol. The number of rotatable bonds is 6. The van der Waals surface area contributed by atoms with Crippen LogP contribution in [0.5, 0.6) is 0 Å². The summed E-state index contributed by atoms with van der Waals surface area (Å²) >= 11 is 0. The molecule has 0 bridgehead atoms. The molecule has 0 radical (unpaired) electrons. The minimum atomic E-state index is -4.07. The number of piperidine rings is 1. The van der Waals surface area contributed by atoms with Crippen LogP contribution >= 0.6 is 0 Å². The van der Waals surface area contributed by atoms with Crippen molar-refractivity contribution in [2.75, 3.05) is 35.2 Å². The molecule has 0 aliphatic carbocycles.